The van der Waals surface area contributed by atoms with Crippen LogP contribution in [0.2, 0.25) is 0 Å². The van der Waals surface area contributed by atoms with Crippen molar-refractivity contribution in [2.75, 3.05) is 0 Å². The van der Waals surface area contributed by atoms with Gasteiger partial charge < -0.3 is 0 Å². The topological polar surface area (TPSA) is 25.8 Å². The first-order valence-electron chi connectivity index (χ1n) is 17.8. The summed E-state index contributed by atoms with van der Waals surface area (Å²) in [6.45, 7) is 0. The molecule has 0 aliphatic rings. The molecule has 3 heteroatoms. The second kappa shape index (κ2) is 12.5. The Bertz CT molecular complexity index is 3060. The molecule has 0 unspecified atom stereocenters. The van der Waals surface area contributed by atoms with Gasteiger partial charge in [-0.3, -0.25) is 0 Å². The van der Waals surface area contributed by atoms with Crippen LogP contribution >= 0.6 is 0 Å². The molecule has 2 nitrogen and oxygen atoms in total. The number of hydrogen-bond donors (Lipinski definition) is 0. The minimum absolute atomic E-state index is 0. The molecule has 2 heterocycles. The summed E-state index contributed by atoms with van der Waals surface area (Å²) in [4.78, 5) is 9.86. The van der Waals surface area contributed by atoms with E-state index in [0.717, 1.165) is 22.4 Å². The molecule has 0 spiro atoms. The van der Waals surface area contributed by atoms with Gasteiger partial charge in [-0.25, -0.2) is 9.97 Å². The molecule has 0 radical (unpaired) electrons. The molecule has 0 atom stereocenters. The second-order valence-corrected chi connectivity index (χ2v) is 13.7. The number of fused-ring (bicyclic) bond motifs is 2. The van der Waals surface area contributed by atoms with E-state index in [4.69, 9.17) is 9.97 Å². The Hall–Kier alpha value is -6.25. The first kappa shape index (κ1) is 31.5. The third-order valence-corrected chi connectivity index (χ3v) is 10.8. The van der Waals surface area contributed by atoms with Gasteiger partial charge in [0.05, 0.1) is 22.4 Å². The first-order chi connectivity index (χ1) is 25.8. The van der Waals surface area contributed by atoms with E-state index in [1.54, 1.807) is 0 Å². The zero-order valence-corrected chi connectivity index (χ0v) is 30.9. The van der Waals surface area contributed by atoms with E-state index in [9.17, 15) is 0 Å². The van der Waals surface area contributed by atoms with Crippen LogP contribution in [-0.2, 0) is 20.1 Å². The van der Waals surface area contributed by atoms with Gasteiger partial charge in [0.1, 0.15) is 0 Å². The molecule has 0 N–H and O–H groups in total. The molecular formula is C50H30IrN2+3. The van der Waals surface area contributed by atoms with Crippen LogP contribution in [0.3, 0.4) is 0 Å². The molecule has 0 aliphatic heterocycles. The molecule has 0 fully saturated rings. The number of para-hydroxylation sites is 2. The number of nitrogens with zero attached hydrogens (tertiary/aromatic N) is 2. The molecule has 0 saturated carbocycles. The standard InChI is InChI=1S/2C25H15N.Ir/c2*1-2-7-22-16(4-1)12-15-23(26-22)20-13-10-19-9-8-17-5-3-6-18-11-14-21(20)25(19)24(17)18;/h2*1-15H;/q;;+3. The van der Waals surface area contributed by atoms with E-state index in [-0.39, 0.29) is 20.1 Å². The predicted molar refractivity (Wildman–Crippen MR) is 222 cm³/mol. The number of hydrogen-bond acceptors (Lipinski definition) is 2. The number of pyridine rings is 2. The fourth-order valence-corrected chi connectivity index (χ4v) is 8.35. The maximum absolute atomic E-state index is 4.93. The van der Waals surface area contributed by atoms with Gasteiger partial charge in [-0.15, -0.1) is 0 Å². The zero-order valence-electron chi connectivity index (χ0n) is 28.5. The Morgan fingerprint density at radius 1 is 0.245 bits per heavy atom. The van der Waals surface area contributed by atoms with Gasteiger partial charge in [0.2, 0.25) is 0 Å². The van der Waals surface area contributed by atoms with Gasteiger partial charge >= 0.3 is 20.1 Å². The molecule has 0 amide bonds. The molecule has 0 saturated heterocycles. The normalized spacial score (nSPS) is 11.6. The van der Waals surface area contributed by atoms with E-state index < -0.39 is 0 Å². The van der Waals surface area contributed by atoms with Crippen molar-refractivity contribution in [1.82, 2.24) is 9.97 Å². The minimum Gasteiger partial charge on any atom is -0.248 e. The third-order valence-electron chi connectivity index (χ3n) is 10.8. The van der Waals surface area contributed by atoms with Crippen molar-refractivity contribution in [3.63, 3.8) is 0 Å². The second-order valence-electron chi connectivity index (χ2n) is 13.7. The van der Waals surface area contributed by atoms with Crippen LogP contribution in [-0.4, -0.2) is 9.97 Å². The Balaban J connectivity index is 0.000000129. The van der Waals surface area contributed by atoms with Crippen LogP contribution in [0.25, 0.3) is 109 Å². The van der Waals surface area contributed by atoms with Crippen molar-refractivity contribution in [2.45, 2.75) is 0 Å². The summed E-state index contributed by atoms with van der Waals surface area (Å²) < 4.78 is 0. The number of aromatic nitrogens is 2. The van der Waals surface area contributed by atoms with Crippen molar-refractivity contribution in [3.05, 3.63) is 182 Å². The van der Waals surface area contributed by atoms with E-state index in [1.807, 2.05) is 12.1 Å². The summed E-state index contributed by atoms with van der Waals surface area (Å²) in [5.41, 5.74) is 6.53. The molecule has 12 rings (SSSR count). The molecule has 12 aromatic rings. The Morgan fingerprint density at radius 2 is 0.566 bits per heavy atom. The van der Waals surface area contributed by atoms with Crippen LogP contribution < -0.4 is 0 Å². The largest absolute Gasteiger partial charge is 3.00 e. The zero-order chi connectivity index (χ0) is 34.2. The van der Waals surface area contributed by atoms with Crippen molar-refractivity contribution >= 4 is 86.4 Å². The molecule has 2 aromatic heterocycles. The molecule has 0 bridgehead atoms. The average molecular weight is 851 g/mol. The molecule has 246 valence electrons. The van der Waals surface area contributed by atoms with Crippen LogP contribution in [0.5, 0.6) is 0 Å². The first-order valence-corrected chi connectivity index (χ1v) is 17.8. The summed E-state index contributed by atoms with van der Waals surface area (Å²) in [6.07, 6.45) is 0. The molecular weight excluding hydrogens is 821 g/mol. The van der Waals surface area contributed by atoms with Crippen molar-refractivity contribution in [3.8, 4) is 22.5 Å². The van der Waals surface area contributed by atoms with E-state index in [0.29, 0.717) is 0 Å². The monoisotopic (exact) mass is 851 g/mol. The van der Waals surface area contributed by atoms with Crippen molar-refractivity contribution in [2.24, 2.45) is 0 Å². The van der Waals surface area contributed by atoms with Crippen LogP contribution in [0.1, 0.15) is 0 Å². The molecule has 10 aromatic carbocycles. The summed E-state index contributed by atoms with van der Waals surface area (Å²) in [7, 11) is 0. The van der Waals surface area contributed by atoms with E-state index in [2.05, 4.69) is 170 Å². The Kier molecular flexibility index (Phi) is 7.40. The Labute approximate surface area is 319 Å². The maximum atomic E-state index is 4.93. The predicted octanol–water partition coefficient (Wildman–Crippen LogP) is 13.6. The maximum Gasteiger partial charge on any atom is 3.00 e. The van der Waals surface area contributed by atoms with Crippen LogP contribution in [0, 0.1) is 0 Å². The molecule has 0 aliphatic carbocycles. The smallest absolute Gasteiger partial charge is 0.248 e. The van der Waals surface area contributed by atoms with Crippen LogP contribution in [0.15, 0.2) is 182 Å². The van der Waals surface area contributed by atoms with Crippen molar-refractivity contribution in [1.29, 1.82) is 0 Å². The van der Waals surface area contributed by atoms with Gasteiger partial charge in [-0.05, 0) is 88.9 Å². The summed E-state index contributed by atoms with van der Waals surface area (Å²) in [5.74, 6) is 0. The van der Waals surface area contributed by atoms with Crippen molar-refractivity contribution < 1.29 is 20.1 Å². The van der Waals surface area contributed by atoms with Gasteiger partial charge in [0.15, 0.2) is 0 Å². The SMILES string of the molecule is [Ir+3].c1ccc2nc(-c3ccc4ccc5cccc6ccc3c4c56)ccc2c1.c1ccc2nc(-c3ccc4ccc5cccc6ccc3c4c56)ccc2c1. The Morgan fingerprint density at radius 3 is 1.00 bits per heavy atom. The summed E-state index contributed by atoms with van der Waals surface area (Å²) in [6, 6.07) is 64.9. The van der Waals surface area contributed by atoms with E-state index in [1.165, 1.54) is 86.5 Å². The molecule has 53 heavy (non-hydrogen) atoms. The fourth-order valence-electron chi connectivity index (χ4n) is 8.35. The third kappa shape index (κ3) is 5.04. The van der Waals surface area contributed by atoms with Gasteiger partial charge in [0.25, 0.3) is 0 Å². The average Bonchev–Trinajstić information content (AvgIpc) is 3.22. The number of rotatable bonds is 2. The summed E-state index contributed by atoms with van der Waals surface area (Å²) in [5, 5.41) is 18.0. The van der Waals surface area contributed by atoms with Gasteiger partial charge in [0, 0.05) is 21.9 Å². The van der Waals surface area contributed by atoms with E-state index >= 15 is 0 Å². The van der Waals surface area contributed by atoms with Gasteiger partial charge in [-0.2, -0.15) is 0 Å². The minimum atomic E-state index is 0. The van der Waals surface area contributed by atoms with Crippen LogP contribution in [0.4, 0.5) is 0 Å². The number of benzene rings is 10. The quantitative estimate of drug-likeness (QED) is 0.162. The summed E-state index contributed by atoms with van der Waals surface area (Å²) >= 11 is 0. The fraction of sp³-hybridized carbons (Fsp3) is 0. The van der Waals surface area contributed by atoms with Gasteiger partial charge in [-0.1, -0.05) is 158 Å².